The summed E-state index contributed by atoms with van der Waals surface area (Å²) in [4.78, 5) is 21.5. The Morgan fingerprint density at radius 2 is 1.94 bits per heavy atom. The molecule has 11 heteroatoms. The third-order valence-corrected chi connectivity index (χ3v) is 5.81. The molecule has 2 aromatic carbocycles. The predicted octanol–water partition coefficient (Wildman–Crippen LogP) is 4.24. The summed E-state index contributed by atoms with van der Waals surface area (Å²) in [7, 11) is 3.10. The van der Waals surface area contributed by atoms with Crippen molar-refractivity contribution in [3.8, 4) is 11.5 Å². The average Bonchev–Trinajstić information content (AvgIpc) is 3.14. The minimum atomic E-state index is -0.521. The van der Waals surface area contributed by atoms with E-state index in [9.17, 15) is 9.18 Å². The number of hydrogen-bond acceptors (Lipinski definition) is 7. The van der Waals surface area contributed by atoms with Crippen LogP contribution in [-0.2, 0) is 4.79 Å². The molecule has 0 radical (unpaired) electrons. The van der Waals surface area contributed by atoms with Crippen LogP contribution in [0.2, 0.25) is 0 Å². The Morgan fingerprint density at radius 3 is 2.65 bits per heavy atom. The Kier molecular flexibility index (Phi) is 5.96. The molecule has 8 nitrogen and oxygen atoms in total. The Labute approximate surface area is 189 Å². The molecule has 31 heavy (non-hydrogen) atoms. The van der Waals surface area contributed by atoms with Gasteiger partial charge in [0.2, 0.25) is 5.91 Å². The molecule has 0 atom stereocenters. The molecule has 1 amide bonds. The fourth-order valence-corrected chi connectivity index (χ4v) is 4.09. The van der Waals surface area contributed by atoms with Gasteiger partial charge in [0, 0.05) is 15.9 Å². The van der Waals surface area contributed by atoms with Gasteiger partial charge >= 0.3 is 0 Å². The van der Waals surface area contributed by atoms with Crippen LogP contribution in [0.25, 0.3) is 16.6 Å². The van der Waals surface area contributed by atoms with Crippen molar-refractivity contribution in [2.24, 2.45) is 0 Å². The summed E-state index contributed by atoms with van der Waals surface area (Å²) in [6.07, 6.45) is 0. The van der Waals surface area contributed by atoms with Gasteiger partial charge in [-0.05, 0) is 31.2 Å². The van der Waals surface area contributed by atoms with Crippen LogP contribution < -0.4 is 14.8 Å². The van der Waals surface area contributed by atoms with Gasteiger partial charge in [-0.25, -0.2) is 14.4 Å². The van der Waals surface area contributed by atoms with E-state index in [0.717, 1.165) is 5.39 Å². The van der Waals surface area contributed by atoms with Gasteiger partial charge in [0.05, 0.1) is 31.2 Å². The van der Waals surface area contributed by atoms with Crippen LogP contribution in [0.3, 0.4) is 0 Å². The normalized spacial score (nSPS) is 11.1. The van der Waals surface area contributed by atoms with E-state index in [1.807, 2.05) is 0 Å². The number of benzene rings is 2. The van der Waals surface area contributed by atoms with Crippen molar-refractivity contribution in [3.05, 3.63) is 46.4 Å². The SMILES string of the molecule is COc1cc2nc(SCC(=O)Nc3ccc(Br)cc3F)n3nc(C)nc3c2cc1OC. The zero-order chi connectivity index (χ0) is 22.1. The van der Waals surface area contributed by atoms with Crippen LogP contribution in [0.5, 0.6) is 11.5 Å². The number of anilines is 1. The van der Waals surface area contributed by atoms with Crippen LogP contribution >= 0.6 is 27.7 Å². The summed E-state index contributed by atoms with van der Waals surface area (Å²) in [5.74, 6) is 0.762. The van der Waals surface area contributed by atoms with E-state index in [4.69, 9.17) is 9.47 Å². The number of carbonyl (C=O) groups excluding carboxylic acids is 1. The van der Waals surface area contributed by atoms with Crippen LogP contribution in [0, 0.1) is 12.7 Å². The number of carbonyl (C=O) groups is 1. The van der Waals surface area contributed by atoms with Gasteiger partial charge in [-0.2, -0.15) is 4.52 Å². The van der Waals surface area contributed by atoms with Gasteiger partial charge in [-0.3, -0.25) is 4.79 Å². The van der Waals surface area contributed by atoms with E-state index < -0.39 is 5.82 Å². The van der Waals surface area contributed by atoms with Crippen LogP contribution in [0.1, 0.15) is 5.82 Å². The van der Waals surface area contributed by atoms with Gasteiger partial charge in [-0.1, -0.05) is 27.7 Å². The highest BCUT2D eigenvalue weighted by Crippen LogP contribution is 2.34. The van der Waals surface area contributed by atoms with E-state index in [-0.39, 0.29) is 17.3 Å². The van der Waals surface area contributed by atoms with Crippen molar-refractivity contribution in [2.75, 3.05) is 25.3 Å². The third kappa shape index (κ3) is 4.28. The second kappa shape index (κ2) is 8.67. The van der Waals surface area contributed by atoms with Gasteiger partial charge < -0.3 is 14.8 Å². The van der Waals surface area contributed by atoms with Crippen LogP contribution in [0.15, 0.2) is 40.0 Å². The lowest BCUT2D eigenvalue weighted by molar-refractivity contribution is -0.113. The van der Waals surface area contributed by atoms with Crippen molar-refractivity contribution in [3.63, 3.8) is 0 Å². The maximum atomic E-state index is 14.0. The topological polar surface area (TPSA) is 90.6 Å². The number of nitrogens with one attached hydrogen (secondary N) is 1. The number of rotatable bonds is 6. The van der Waals surface area contributed by atoms with E-state index in [1.54, 1.807) is 43.9 Å². The van der Waals surface area contributed by atoms with E-state index in [0.29, 0.717) is 38.1 Å². The molecule has 0 unspecified atom stereocenters. The fourth-order valence-electron chi connectivity index (χ4n) is 3.01. The van der Waals surface area contributed by atoms with E-state index in [2.05, 4.69) is 36.3 Å². The van der Waals surface area contributed by atoms with E-state index >= 15 is 0 Å². The monoisotopic (exact) mass is 505 g/mol. The number of methoxy groups -OCH3 is 2. The van der Waals surface area contributed by atoms with Gasteiger partial charge in [0.25, 0.3) is 0 Å². The smallest absolute Gasteiger partial charge is 0.234 e. The van der Waals surface area contributed by atoms with Crippen molar-refractivity contribution < 1.29 is 18.7 Å². The summed E-state index contributed by atoms with van der Waals surface area (Å²) >= 11 is 4.36. The number of nitrogens with zero attached hydrogens (tertiary/aromatic N) is 4. The Hall–Kier alpha value is -2.92. The van der Waals surface area contributed by atoms with Crippen molar-refractivity contribution in [1.82, 2.24) is 19.6 Å². The standard InChI is InChI=1S/C20H17BrFN5O3S/c1-10-23-19-12-7-16(29-2)17(30-3)8-15(12)25-20(27(19)26-10)31-9-18(28)24-14-5-4-11(21)6-13(14)22/h4-8H,9H2,1-3H3,(H,24,28). The number of aromatic nitrogens is 4. The molecule has 4 aromatic rings. The lowest BCUT2D eigenvalue weighted by Crippen LogP contribution is -2.15. The highest BCUT2D eigenvalue weighted by Gasteiger charge is 2.17. The second-order valence-electron chi connectivity index (χ2n) is 6.47. The van der Waals surface area contributed by atoms with Crippen LogP contribution in [0.4, 0.5) is 10.1 Å². The molecule has 160 valence electrons. The first-order valence-corrected chi connectivity index (χ1v) is 10.8. The summed E-state index contributed by atoms with van der Waals surface area (Å²) < 4.78 is 26.9. The Balaban J connectivity index is 1.65. The predicted molar refractivity (Wildman–Crippen MR) is 120 cm³/mol. The van der Waals surface area contributed by atoms with Gasteiger partial charge in [0.1, 0.15) is 11.6 Å². The lowest BCUT2D eigenvalue weighted by atomic mass is 10.2. The highest BCUT2D eigenvalue weighted by molar-refractivity contribution is 9.10. The largest absolute Gasteiger partial charge is 0.493 e. The average molecular weight is 506 g/mol. The first kappa shape index (κ1) is 21.3. The van der Waals surface area contributed by atoms with Crippen molar-refractivity contribution in [2.45, 2.75) is 12.1 Å². The molecular formula is C20H17BrFN5O3S. The number of aryl methyl sites for hydroxylation is 1. The molecule has 0 bridgehead atoms. The lowest BCUT2D eigenvalue weighted by Gasteiger charge is -2.11. The molecule has 0 aliphatic heterocycles. The minimum absolute atomic E-state index is 0.00923. The number of thioether (sulfide) groups is 1. The molecule has 0 aliphatic rings. The number of halogens is 2. The molecule has 0 aliphatic carbocycles. The Bertz CT molecular complexity index is 1310. The minimum Gasteiger partial charge on any atom is -0.493 e. The quantitative estimate of drug-likeness (QED) is 0.309. The number of hydrogen-bond donors (Lipinski definition) is 1. The molecule has 2 heterocycles. The molecular weight excluding hydrogens is 489 g/mol. The second-order valence-corrected chi connectivity index (χ2v) is 8.33. The van der Waals surface area contributed by atoms with Gasteiger partial charge in [-0.15, -0.1) is 5.10 Å². The number of fused-ring (bicyclic) bond motifs is 3. The summed E-state index contributed by atoms with van der Waals surface area (Å²) in [5.41, 5.74) is 1.32. The molecule has 0 spiro atoms. The summed E-state index contributed by atoms with van der Waals surface area (Å²) in [6, 6.07) is 7.98. The first-order valence-electron chi connectivity index (χ1n) is 9.06. The van der Waals surface area contributed by atoms with E-state index in [1.165, 1.54) is 23.9 Å². The van der Waals surface area contributed by atoms with Crippen molar-refractivity contribution >= 4 is 55.8 Å². The fraction of sp³-hybridized carbons (Fsp3) is 0.200. The van der Waals surface area contributed by atoms with Crippen LogP contribution in [-0.4, -0.2) is 45.5 Å². The first-order chi connectivity index (χ1) is 14.9. The highest BCUT2D eigenvalue weighted by atomic mass is 79.9. The zero-order valence-corrected chi connectivity index (χ0v) is 19.2. The molecule has 2 aromatic heterocycles. The third-order valence-electron chi connectivity index (χ3n) is 4.39. The number of ether oxygens (including phenoxy) is 2. The number of amides is 1. The molecule has 4 rings (SSSR count). The maximum Gasteiger partial charge on any atom is 0.234 e. The van der Waals surface area contributed by atoms with Crippen molar-refractivity contribution in [1.29, 1.82) is 0 Å². The molecule has 0 saturated carbocycles. The summed E-state index contributed by atoms with van der Waals surface area (Å²) in [5, 5.41) is 8.18. The summed E-state index contributed by atoms with van der Waals surface area (Å²) in [6.45, 7) is 1.77. The molecule has 0 saturated heterocycles. The Morgan fingerprint density at radius 1 is 1.19 bits per heavy atom. The molecule has 1 N–H and O–H groups in total. The van der Waals surface area contributed by atoms with Gasteiger partial charge in [0.15, 0.2) is 22.3 Å². The maximum absolute atomic E-state index is 14.0. The zero-order valence-electron chi connectivity index (χ0n) is 16.8. The molecule has 0 fully saturated rings.